The predicted octanol–water partition coefficient (Wildman–Crippen LogP) is 3.56. The molecule has 0 bridgehead atoms. The van der Waals surface area contributed by atoms with E-state index in [9.17, 15) is 4.79 Å². The van der Waals surface area contributed by atoms with Crippen molar-refractivity contribution in [3.63, 3.8) is 0 Å². The summed E-state index contributed by atoms with van der Waals surface area (Å²) in [6, 6.07) is 13.2. The van der Waals surface area contributed by atoms with E-state index in [1.54, 1.807) is 12.1 Å². The van der Waals surface area contributed by atoms with E-state index in [1.807, 2.05) is 38.1 Å². The highest BCUT2D eigenvalue weighted by Crippen LogP contribution is 2.23. The molecule has 0 radical (unpaired) electrons. The number of nitrogens with zero attached hydrogens (tertiary/aromatic N) is 2. The number of aromatic nitrogens is 3. The van der Waals surface area contributed by atoms with Crippen LogP contribution < -0.4 is 5.56 Å². The summed E-state index contributed by atoms with van der Waals surface area (Å²) in [5.74, 6) is 0. The van der Waals surface area contributed by atoms with E-state index in [4.69, 9.17) is 5.26 Å². The number of aryl methyl sites for hydroxylation is 2. The number of hydrogen-bond donors (Lipinski definition) is 2. The molecule has 116 valence electrons. The third-order valence-corrected chi connectivity index (χ3v) is 4.31. The Labute approximate surface area is 137 Å². The van der Waals surface area contributed by atoms with Gasteiger partial charge in [-0.2, -0.15) is 5.26 Å². The molecule has 0 saturated carbocycles. The van der Waals surface area contributed by atoms with Crippen LogP contribution in [-0.4, -0.2) is 15.0 Å². The van der Waals surface area contributed by atoms with Crippen molar-refractivity contribution >= 4 is 21.9 Å². The summed E-state index contributed by atoms with van der Waals surface area (Å²) in [4.78, 5) is 23.1. The van der Waals surface area contributed by atoms with Crippen molar-refractivity contribution in [2.45, 2.75) is 13.8 Å². The van der Waals surface area contributed by atoms with E-state index in [2.05, 4.69) is 21.0 Å². The van der Waals surface area contributed by atoms with Crippen LogP contribution in [0, 0.1) is 25.2 Å². The maximum absolute atomic E-state index is 12.4. The van der Waals surface area contributed by atoms with Crippen LogP contribution in [-0.2, 0) is 0 Å². The molecule has 0 fully saturated rings. The van der Waals surface area contributed by atoms with Gasteiger partial charge in [0.1, 0.15) is 0 Å². The Kier molecular flexibility index (Phi) is 3.00. The minimum Gasteiger partial charge on any atom is -0.353 e. The zero-order valence-electron chi connectivity index (χ0n) is 13.3. The maximum Gasteiger partial charge on any atom is 0.276 e. The normalized spacial score (nSPS) is 11.0. The van der Waals surface area contributed by atoms with Crippen molar-refractivity contribution in [2.75, 3.05) is 0 Å². The second kappa shape index (κ2) is 5.07. The van der Waals surface area contributed by atoms with Gasteiger partial charge in [-0.15, -0.1) is 0 Å². The fourth-order valence-electron chi connectivity index (χ4n) is 2.86. The summed E-state index contributed by atoms with van der Waals surface area (Å²) in [5.41, 5.74) is 5.93. The van der Waals surface area contributed by atoms with Gasteiger partial charge < -0.3 is 9.97 Å². The Balaban J connectivity index is 1.95. The summed E-state index contributed by atoms with van der Waals surface area (Å²) < 4.78 is 0. The van der Waals surface area contributed by atoms with Crippen LogP contribution in [0.25, 0.3) is 33.3 Å². The number of aromatic amines is 2. The van der Waals surface area contributed by atoms with Gasteiger partial charge in [0, 0.05) is 10.9 Å². The molecule has 2 aromatic carbocycles. The van der Waals surface area contributed by atoms with Crippen molar-refractivity contribution in [2.24, 2.45) is 0 Å². The molecule has 0 aliphatic carbocycles. The molecule has 0 spiro atoms. The number of fused-ring (bicyclic) bond motifs is 2. The molecular weight excluding hydrogens is 300 g/mol. The number of benzene rings is 2. The third kappa shape index (κ3) is 2.17. The van der Waals surface area contributed by atoms with Crippen LogP contribution >= 0.6 is 0 Å². The monoisotopic (exact) mass is 314 g/mol. The lowest BCUT2D eigenvalue weighted by atomic mass is 10.1. The van der Waals surface area contributed by atoms with Crippen molar-refractivity contribution in [3.05, 3.63) is 63.4 Å². The van der Waals surface area contributed by atoms with Gasteiger partial charge in [-0.05, 0) is 61.4 Å². The van der Waals surface area contributed by atoms with E-state index in [0.29, 0.717) is 17.0 Å². The summed E-state index contributed by atoms with van der Waals surface area (Å²) in [7, 11) is 0. The molecular formula is C19H14N4O. The molecule has 4 rings (SSSR count). The highest BCUT2D eigenvalue weighted by molar-refractivity contribution is 5.87. The van der Waals surface area contributed by atoms with Crippen LogP contribution in [0.5, 0.6) is 0 Å². The van der Waals surface area contributed by atoms with E-state index >= 15 is 0 Å². The highest BCUT2D eigenvalue weighted by atomic mass is 16.1. The van der Waals surface area contributed by atoms with Crippen LogP contribution in [0.1, 0.15) is 16.7 Å². The maximum atomic E-state index is 12.4. The van der Waals surface area contributed by atoms with E-state index in [1.165, 1.54) is 0 Å². The first kappa shape index (κ1) is 14.2. The molecule has 0 amide bonds. The molecule has 5 heteroatoms. The largest absolute Gasteiger partial charge is 0.353 e. The summed E-state index contributed by atoms with van der Waals surface area (Å²) in [6.45, 7) is 4.03. The second-order valence-corrected chi connectivity index (χ2v) is 5.96. The van der Waals surface area contributed by atoms with E-state index in [0.717, 1.165) is 33.1 Å². The van der Waals surface area contributed by atoms with Gasteiger partial charge in [-0.1, -0.05) is 0 Å². The van der Waals surface area contributed by atoms with E-state index < -0.39 is 0 Å². The number of nitriles is 1. The fourth-order valence-corrected chi connectivity index (χ4v) is 2.86. The summed E-state index contributed by atoms with van der Waals surface area (Å²) in [5, 5.41) is 9.88. The first-order chi connectivity index (χ1) is 11.5. The zero-order valence-corrected chi connectivity index (χ0v) is 13.3. The lowest BCUT2D eigenvalue weighted by Gasteiger charge is -2.04. The van der Waals surface area contributed by atoms with Crippen LogP contribution in [0.2, 0.25) is 0 Å². The standard InChI is InChI=1S/C19H14N4O/c1-10-5-15-16(6-11(10)2)23-19(24)18(22-15)17-8-13-7-12(9-20)3-4-14(13)21-17/h3-8,21H,1-2H3,(H,23,24). The lowest BCUT2D eigenvalue weighted by Crippen LogP contribution is -2.11. The average molecular weight is 314 g/mol. The highest BCUT2D eigenvalue weighted by Gasteiger charge is 2.11. The minimum atomic E-state index is -0.238. The molecule has 24 heavy (non-hydrogen) atoms. The molecule has 2 heterocycles. The number of hydrogen-bond acceptors (Lipinski definition) is 3. The smallest absolute Gasteiger partial charge is 0.276 e. The Bertz CT molecular complexity index is 1210. The van der Waals surface area contributed by atoms with Crippen LogP contribution in [0.3, 0.4) is 0 Å². The molecule has 0 unspecified atom stereocenters. The van der Waals surface area contributed by atoms with Gasteiger partial charge in [0.15, 0.2) is 5.69 Å². The van der Waals surface area contributed by atoms with Gasteiger partial charge >= 0.3 is 0 Å². The molecule has 0 aliphatic heterocycles. The topological polar surface area (TPSA) is 85.3 Å². The number of rotatable bonds is 1. The Morgan fingerprint density at radius 2 is 1.79 bits per heavy atom. The first-order valence-corrected chi connectivity index (χ1v) is 7.60. The van der Waals surface area contributed by atoms with Gasteiger partial charge in [0.05, 0.1) is 28.4 Å². The van der Waals surface area contributed by atoms with Crippen LogP contribution in [0.4, 0.5) is 0 Å². The lowest BCUT2D eigenvalue weighted by molar-refractivity contribution is 1.19. The van der Waals surface area contributed by atoms with Crippen molar-refractivity contribution in [3.8, 4) is 17.5 Å². The molecule has 0 aliphatic rings. The van der Waals surface area contributed by atoms with Gasteiger partial charge in [0.25, 0.3) is 5.56 Å². The van der Waals surface area contributed by atoms with Crippen molar-refractivity contribution in [1.29, 1.82) is 5.26 Å². The Hall–Kier alpha value is -3.39. The molecule has 0 saturated heterocycles. The molecule has 0 atom stereocenters. The quantitative estimate of drug-likeness (QED) is 0.563. The second-order valence-electron chi connectivity index (χ2n) is 5.96. The van der Waals surface area contributed by atoms with Crippen molar-refractivity contribution in [1.82, 2.24) is 15.0 Å². The SMILES string of the molecule is Cc1cc2nc(-c3cc4cc(C#N)ccc4[nH]3)c(=O)[nH]c2cc1C. The molecule has 2 aromatic heterocycles. The minimum absolute atomic E-state index is 0.238. The Morgan fingerprint density at radius 3 is 2.58 bits per heavy atom. The fraction of sp³-hybridized carbons (Fsp3) is 0.105. The van der Waals surface area contributed by atoms with E-state index in [-0.39, 0.29) is 5.56 Å². The zero-order chi connectivity index (χ0) is 16.8. The molecule has 2 N–H and O–H groups in total. The van der Waals surface area contributed by atoms with Gasteiger partial charge in [-0.25, -0.2) is 4.98 Å². The van der Waals surface area contributed by atoms with Crippen molar-refractivity contribution < 1.29 is 0 Å². The summed E-state index contributed by atoms with van der Waals surface area (Å²) in [6.07, 6.45) is 0. The molecule has 4 aromatic rings. The third-order valence-electron chi connectivity index (χ3n) is 4.31. The first-order valence-electron chi connectivity index (χ1n) is 7.60. The number of H-pyrrole nitrogens is 2. The van der Waals surface area contributed by atoms with Gasteiger partial charge in [0.2, 0.25) is 0 Å². The number of nitrogens with one attached hydrogen (secondary N) is 2. The summed E-state index contributed by atoms with van der Waals surface area (Å²) >= 11 is 0. The predicted molar refractivity (Wildman–Crippen MR) is 93.8 cm³/mol. The average Bonchev–Trinajstić information content (AvgIpc) is 2.98. The van der Waals surface area contributed by atoms with Gasteiger partial charge in [-0.3, -0.25) is 4.79 Å². The van der Waals surface area contributed by atoms with Crippen LogP contribution in [0.15, 0.2) is 41.2 Å². The molecule has 5 nitrogen and oxygen atoms in total. The Morgan fingerprint density at radius 1 is 1.00 bits per heavy atom.